The van der Waals surface area contributed by atoms with Gasteiger partial charge in [0.25, 0.3) is 0 Å². The zero-order valence-corrected chi connectivity index (χ0v) is 10.2. The summed E-state index contributed by atoms with van der Waals surface area (Å²) >= 11 is 3.57. The van der Waals surface area contributed by atoms with Crippen molar-refractivity contribution in [2.45, 2.75) is 32.7 Å². The Hall–Kier alpha value is 0.400. The molecule has 13 heavy (non-hydrogen) atoms. The van der Waals surface area contributed by atoms with Crippen molar-refractivity contribution in [1.82, 2.24) is 4.90 Å². The van der Waals surface area contributed by atoms with Gasteiger partial charge in [0.15, 0.2) is 0 Å². The summed E-state index contributed by atoms with van der Waals surface area (Å²) in [6.45, 7) is 6.61. The number of alkyl halides is 1. The van der Waals surface area contributed by atoms with E-state index in [1.165, 1.54) is 12.8 Å². The molecular weight excluding hydrogens is 230 g/mol. The van der Waals surface area contributed by atoms with E-state index in [1.807, 2.05) is 0 Å². The maximum atomic E-state index is 8.92. The van der Waals surface area contributed by atoms with Crippen molar-refractivity contribution in [2.24, 2.45) is 5.41 Å². The number of aliphatic hydroxyl groups excluding tert-OH is 1. The van der Waals surface area contributed by atoms with Crippen LogP contribution in [0.1, 0.15) is 26.7 Å². The van der Waals surface area contributed by atoms with Crippen molar-refractivity contribution in [2.75, 3.05) is 25.0 Å². The van der Waals surface area contributed by atoms with Gasteiger partial charge in [0.05, 0.1) is 6.61 Å². The summed E-state index contributed by atoms with van der Waals surface area (Å²) in [6.07, 6.45) is 2.68. The zero-order chi connectivity index (χ0) is 9.90. The van der Waals surface area contributed by atoms with Crippen molar-refractivity contribution >= 4 is 15.9 Å². The van der Waals surface area contributed by atoms with E-state index >= 15 is 0 Å². The topological polar surface area (TPSA) is 23.5 Å². The van der Waals surface area contributed by atoms with Gasteiger partial charge in [-0.2, -0.15) is 0 Å². The van der Waals surface area contributed by atoms with E-state index in [1.54, 1.807) is 0 Å². The van der Waals surface area contributed by atoms with Gasteiger partial charge in [-0.1, -0.05) is 15.9 Å². The predicted molar refractivity (Wildman–Crippen MR) is 59.3 cm³/mol. The Morgan fingerprint density at radius 3 is 2.38 bits per heavy atom. The molecule has 0 radical (unpaired) electrons. The molecule has 0 amide bonds. The Bertz CT molecular complexity index is 157. The molecule has 0 aromatic rings. The first-order chi connectivity index (χ1) is 6.13. The lowest BCUT2D eigenvalue weighted by atomic mass is 10.1. The number of aliphatic hydroxyl groups is 1. The second-order valence-corrected chi connectivity index (χ2v) is 4.98. The van der Waals surface area contributed by atoms with Crippen LogP contribution in [0.3, 0.4) is 0 Å². The first kappa shape index (κ1) is 11.5. The average Bonchev–Trinajstić information content (AvgIpc) is 2.85. The summed E-state index contributed by atoms with van der Waals surface area (Å²) in [4.78, 5) is 2.37. The maximum Gasteiger partial charge on any atom is 0.0558 e. The molecule has 3 heteroatoms. The molecule has 1 N–H and O–H groups in total. The van der Waals surface area contributed by atoms with Crippen molar-refractivity contribution in [3.63, 3.8) is 0 Å². The second-order valence-electron chi connectivity index (χ2n) is 4.42. The normalized spacial score (nSPS) is 19.8. The number of halogens is 1. The summed E-state index contributed by atoms with van der Waals surface area (Å²) < 4.78 is 0. The SMILES string of the molecule is CC(C)N(CCO)CC1(CBr)CC1. The molecular formula is C10H20BrNO. The van der Waals surface area contributed by atoms with Gasteiger partial charge in [0.1, 0.15) is 0 Å². The molecule has 0 unspecified atom stereocenters. The van der Waals surface area contributed by atoms with Gasteiger partial charge in [-0.3, -0.25) is 4.90 Å². The largest absolute Gasteiger partial charge is 0.395 e. The van der Waals surface area contributed by atoms with E-state index in [2.05, 4.69) is 34.7 Å². The molecule has 0 saturated heterocycles. The maximum absolute atomic E-state index is 8.92. The van der Waals surface area contributed by atoms with E-state index in [4.69, 9.17) is 5.11 Å². The number of rotatable bonds is 6. The Morgan fingerprint density at radius 1 is 1.46 bits per heavy atom. The number of nitrogens with zero attached hydrogens (tertiary/aromatic N) is 1. The van der Waals surface area contributed by atoms with Crippen LogP contribution in [0, 0.1) is 5.41 Å². The molecule has 1 rings (SSSR count). The molecule has 0 atom stereocenters. The molecule has 0 aromatic heterocycles. The Morgan fingerprint density at radius 2 is 2.08 bits per heavy atom. The van der Waals surface area contributed by atoms with Crippen LogP contribution in [0.2, 0.25) is 0 Å². The fraction of sp³-hybridized carbons (Fsp3) is 1.00. The van der Waals surface area contributed by atoms with Gasteiger partial charge in [0, 0.05) is 24.5 Å². The van der Waals surface area contributed by atoms with Crippen LogP contribution in [0.25, 0.3) is 0 Å². The van der Waals surface area contributed by atoms with Gasteiger partial charge < -0.3 is 5.11 Å². The van der Waals surface area contributed by atoms with Crippen LogP contribution in [-0.4, -0.2) is 41.1 Å². The van der Waals surface area contributed by atoms with Gasteiger partial charge in [-0.15, -0.1) is 0 Å². The van der Waals surface area contributed by atoms with Crippen LogP contribution >= 0.6 is 15.9 Å². The van der Waals surface area contributed by atoms with Gasteiger partial charge in [-0.25, -0.2) is 0 Å². The lowest BCUT2D eigenvalue weighted by molar-refractivity contribution is 0.144. The van der Waals surface area contributed by atoms with E-state index in [9.17, 15) is 0 Å². The highest BCUT2D eigenvalue weighted by atomic mass is 79.9. The highest BCUT2D eigenvalue weighted by Crippen LogP contribution is 2.47. The second kappa shape index (κ2) is 4.76. The van der Waals surface area contributed by atoms with Crippen molar-refractivity contribution in [3.05, 3.63) is 0 Å². The summed E-state index contributed by atoms with van der Waals surface area (Å²) in [5, 5.41) is 10.0. The number of hydrogen-bond donors (Lipinski definition) is 1. The lowest BCUT2D eigenvalue weighted by Crippen LogP contribution is -2.38. The molecule has 2 nitrogen and oxygen atoms in total. The minimum atomic E-state index is 0.274. The van der Waals surface area contributed by atoms with Crippen LogP contribution in [0.15, 0.2) is 0 Å². The third-order valence-corrected chi connectivity index (χ3v) is 4.09. The molecule has 1 fully saturated rings. The molecule has 0 aliphatic heterocycles. The quantitative estimate of drug-likeness (QED) is 0.727. The lowest BCUT2D eigenvalue weighted by Gasteiger charge is -2.29. The van der Waals surface area contributed by atoms with E-state index in [-0.39, 0.29) is 6.61 Å². The molecule has 1 aliphatic carbocycles. The first-order valence-corrected chi connectivity index (χ1v) is 6.16. The predicted octanol–water partition coefficient (Wildman–Crippen LogP) is 1.86. The van der Waals surface area contributed by atoms with Crippen LogP contribution in [0.4, 0.5) is 0 Å². The van der Waals surface area contributed by atoms with Crippen molar-refractivity contribution in [1.29, 1.82) is 0 Å². The van der Waals surface area contributed by atoms with E-state index in [0.717, 1.165) is 18.4 Å². The van der Waals surface area contributed by atoms with Crippen LogP contribution in [-0.2, 0) is 0 Å². The van der Waals surface area contributed by atoms with Crippen molar-refractivity contribution in [3.8, 4) is 0 Å². The third-order valence-electron chi connectivity index (χ3n) is 2.90. The standard InChI is InChI=1S/C10H20BrNO/c1-9(2)12(5-6-13)8-10(7-11)3-4-10/h9,13H,3-8H2,1-2H3. The summed E-state index contributed by atoms with van der Waals surface area (Å²) in [5.41, 5.74) is 0.527. The van der Waals surface area contributed by atoms with Gasteiger partial charge >= 0.3 is 0 Å². The molecule has 0 bridgehead atoms. The first-order valence-electron chi connectivity index (χ1n) is 5.04. The smallest absolute Gasteiger partial charge is 0.0558 e. The molecule has 0 aromatic carbocycles. The van der Waals surface area contributed by atoms with Crippen molar-refractivity contribution < 1.29 is 5.11 Å². The Balaban J connectivity index is 2.38. The summed E-state index contributed by atoms with van der Waals surface area (Å²) in [7, 11) is 0. The van der Waals surface area contributed by atoms with Crippen LogP contribution in [0.5, 0.6) is 0 Å². The highest BCUT2D eigenvalue weighted by Gasteiger charge is 2.42. The monoisotopic (exact) mass is 249 g/mol. The van der Waals surface area contributed by atoms with E-state index in [0.29, 0.717) is 11.5 Å². The molecule has 78 valence electrons. The molecule has 1 saturated carbocycles. The van der Waals surface area contributed by atoms with Crippen LogP contribution < -0.4 is 0 Å². The minimum absolute atomic E-state index is 0.274. The fourth-order valence-corrected chi connectivity index (χ4v) is 2.33. The fourth-order valence-electron chi connectivity index (χ4n) is 1.59. The average molecular weight is 250 g/mol. The summed E-state index contributed by atoms with van der Waals surface area (Å²) in [5.74, 6) is 0. The van der Waals surface area contributed by atoms with E-state index < -0.39 is 0 Å². The number of hydrogen-bond acceptors (Lipinski definition) is 2. The molecule has 1 aliphatic rings. The summed E-state index contributed by atoms with van der Waals surface area (Å²) in [6, 6.07) is 0.545. The highest BCUT2D eigenvalue weighted by molar-refractivity contribution is 9.09. The third kappa shape index (κ3) is 3.22. The van der Waals surface area contributed by atoms with Gasteiger partial charge in [0.2, 0.25) is 0 Å². The Kier molecular flexibility index (Phi) is 4.20. The van der Waals surface area contributed by atoms with Gasteiger partial charge in [-0.05, 0) is 32.1 Å². The Labute approximate surface area is 89.4 Å². The molecule has 0 heterocycles. The molecule has 0 spiro atoms. The minimum Gasteiger partial charge on any atom is -0.395 e. The zero-order valence-electron chi connectivity index (χ0n) is 8.59.